The van der Waals surface area contributed by atoms with Crippen molar-refractivity contribution in [3.05, 3.63) is 41.5 Å². The number of thioether (sulfide) groups is 1. The third-order valence-corrected chi connectivity index (χ3v) is 5.18. The van der Waals surface area contributed by atoms with Crippen LogP contribution in [0.3, 0.4) is 0 Å². The van der Waals surface area contributed by atoms with E-state index >= 15 is 0 Å². The Hall–Kier alpha value is -2.35. The number of hydrogen-bond acceptors (Lipinski definition) is 8. The zero-order chi connectivity index (χ0) is 20.6. The maximum Gasteiger partial charge on any atom is 0.230 e. The number of rotatable bonds is 10. The molecule has 0 aliphatic carbocycles. The van der Waals surface area contributed by atoms with Gasteiger partial charge in [-0.15, -0.1) is 0 Å². The van der Waals surface area contributed by atoms with Crippen LogP contribution in [0.5, 0.6) is 0 Å². The Bertz CT molecular complexity index is 944. The summed E-state index contributed by atoms with van der Waals surface area (Å²) in [6, 6.07) is 10.7. The van der Waals surface area contributed by atoms with Gasteiger partial charge < -0.3 is 10.4 Å². The van der Waals surface area contributed by atoms with Crippen molar-refractivity contribution in [3.63, 3.8) is 0 Å². The number of aromatic nitrogens is 2. The smallest absolute Gasteiger partial charge is 0.230 e. The minimum Gasteiger partial charge on any atom is -0.394 e. The van der Waals surface area contributed by atoms with Crippen molar-refractivity contribution in [2.45, 2.75) is 36.7 Å². The Morgan fingerprint density at radius 2 is 2.00 bits per heavy atom. The number of aliphatic hydroxyl groups excluding tert-OH is 1. The van der Waals surface area contributed by atoms with Crippen LogP contribution in [0, 0.1) is 11.3 Å². The Kier molecular flexibility index (Phi) is 8.04. The highest BCUT2D eigenvalue weighted by Crippen LogP contribution is 2.25. The molecule has 0 amide bonds. The molecule has 0 aliphatic rings. The average Bonchev–Trinajstić information content (AvgIpc) is 2.64. The Balaban J connectivity index is 2.27. The van der Waals surface area contributed by atoms with Gasteiger partial charge in [0.15, 0.2) is 5.16 Å². The van der Waals surface area contributed by atoms with Gasteiger partial charge in [-0.2, -0.15) is 5.26 Å². The maximum absolute atomic E-state index is 11.6. The van der Waals surface area contributed by atoms with Crippen molar-refractivity contribution in [2.75, 3.05) is 22.9 Å². The number of nitriles is 1. The summed E-state index contributed by atoms with van der Waals surface area (Å²) in [4.78, 5) is 8.66. The monoisotopic (exact) mass is 421 g/mol. The third-order valence-electron chi connectivity index (χ3n) is 3.70. The molecule has 10 heteroatoms. The molecule has 1 aromatic heterocycles. The second-order valence-electron chi connectivity index (χ2n) is 6.17. The van der Waals surface area contributed by atoms with Gasteiger partial charge in [0, 0.05) is 11.8 Å². The summed E-state index contributed by atoms with van der Waals surface area (Å²) in [5.41, 5.74) is 1.41. The molecule has 1 unspecified atom stereocenters. The Morgan fingerprint density at radius 1 is 1.29 bits per heavy atom. The molecule has 0 aliphatic heterocycles. The van der Waals surface area contributed by atoms with Gasteiger partial charge in [0.05, 0.1) is 30.5 Å². The van der Waals surface area contributed by atoms with Crippen LogP contribution in [0.4, 0.5) is 11.6 Å². The van der Waals surface area contributed by atoms with Gasteiger partial charge in [0.25, 0.3) is 0 Å². The lowest BCUT2D eigenvalue weighted by molar-refractivity contribution is 0.268. The number of hydrogen-bond donors (Lipinski definition) is 3. The van der Waals surface area contributed by atoms with Crippen molar-refractivity contribution in [1.29, 1.82) is 5.26 Å². The van der Waals surface area contributed by atoms with Crippen molar-refractivity contribution in [2.24, 2.45) is 0 Å². The van der Waals surface area contributed by atoms with Gasteiger partial charge in [0.2, 0.25) is 10.0 Å². The van der Waals surface area contributed by atoms with Crippen LogP contribution in [-0.4, -0.2) is 42.4 Å². The molecule has 2 aromatic rings. The zero-order valence-electron chi connectivity index (χ0n) is 15.7. The van der Waals surface area contributed by atoms with E-state index in [9.17, 15) is 18.8 Å². The van der Waals surface area contributed by atoms with E-state index in [0.717, 1.165) is 24.7 Å². The predicted molar refractivity (Wildman–Crippen MR) is 111 cm³/mol. The standard InChI is InChI=1S/C18H23N5O3S2/c1-3-6-15(11-24)20-16-9-17(23-28(2,25)26)22-18(21-16)27-12-14-8-5-4-7-13(14)10-19/h4-5,7-9,15,24H,3,6,11-12H2,1-2H3,(H2,20,21,22,23). The Morgan fingerprint density at radius 3 is 2.64 bits per heavy atom. The normalized spacial score (nSPS) is 12.2. The lowest BCUT2D eigenvalue weighted by Crippen LogP contribution is -2.24. The molecule has 2 rings (SSSR count). The van der Waals surface area contributed by atoms with Crippen LogP contribution in [0.1, 0.15) is 30.9 Å². The fraction of sp³-hybridized carbons (Fsp3) is 0.389. The molecule has 1 aromatic carbocycles. The SMILES string of the molecule is CCCC(CO)Nc1cc(NS(C)(=O)=O)nc(SCc2ccccc2C#N)n1. The van der Waals surface area contributed by atoms with E-state index in [1.54, 1.807) is 12.1 Å². The predicted octanol–water partition coefficient (Wildman–Crippen LogP) is 2.58. The highest BCUT2D eigenvalue weighted by Gasteiger charge is 2.13. The van der Waals surface area contributed by atoms with Gasteiger partial charge in [-0.3, -0.25) is 4.72 Å². The average molecular weight is 422 g/mol. The van der Waals surface area contributed by atoms with Gasteiger partial charge in [-0.1, -0.05) is 43.3 Å². The summed E-state index contributed by atoms with van der Waals surface area (Å²) in [7, 11) is -3.50. The molecular formula is C18H23N5O3S2. The van der Waals surface area contributed by atoms with Crippen LogP contribution in [0.2, 0.25) is 0 Å². The first-order valence-electron chi connectivity index (χ1n) is 8.69. The quantitative estimate of drug-likeness (QED) is 0.394. The Labute approximate surface area is 169 Å². The summed E-state index contributed by atoms with van der Waals surface area (Å²) >= 11 is 1.29. The highest BCUT2D eigenvalue weighted by atomic mass is 32.2. The molecule has 1 atom stereocenters. The molecule has 0 radical (unpaired) electrons. The number of sulfonamides is 1. The molecule has 8 nitrogen and oxygen atoms in total. The van der Waals surface area contributed by atoms with E-state index in [-0.39, 0.29) is 18.5 Å². The number of anilines is 2. The minimum atomic E-state index is -3.50. The van der Waals surface area contributed by atoms with Crippen LogP contribution in [-0.2, 0) is 15.8 Å². The molecule has 1 heterocycles. The van der Waals surface area contributed by atoms with Crippen molar-refractivity contribution in [1.82, 2.24) is 9.97 Å². The minimum absolute atomic E-state index is 0.0648. The van der Waals surface area contributed by atoms with Gasteiger partial charge >= 0.3 is 0 Å². The highest BCUT2D eigenvalue weighted by molar-refractivity contribution is 7.98. The van der Waals surface area contributed by atoms with Crippen molar-refractivity contribution >= 4 is 33.4 Å². The lowest BCUT2D eigenvalue weighted by Gasteiger charge is -2.17. The first kappa shape index (κ1) is 21.9. The zero-order valence-corrected chi connectivity index (χ0v) is 17.3. The topological polar surface area (TPSA) is 128 Å². The molecule has 0 saturated heterocycles. The fourth-order valence-electron chi connectivity index (χ4n) is 2.47. The van der Waals surface area contributed by atoms with Crippen LogP contribution < -0.4 is 10.0 Å². The summed E-state index contributed by atoms with van der Waals surface area (Å²) in [6.45, 7) is 1.94. The molecule has 0 bridgehead atoms. The largest absolute Gasteiger partial charge is 0.394 e. The summed E-state index contributed by atoms with van der Waals surface area (Å²) in [5, 5.41) is 22.2. The van der Waals surface area contributed by atoms with E-state index in [0.29, 0.717) is 22.3 Å². The van der Waals surface area contributed by atoms with Crippen LogP contribution in [0.25, 0.3) is 0 Å². The molecule has 0 fully saturated rings. The van der Waals surface area contributed by atoms with E-state index < -0.39 is 10.0 Å². The number of nitrogens with one attached hydrogen (secondary N) is 2. The van der Waals surface area contributed by atoms with Gasteiger partial charge in [-0.25, -0.2) is 18.4 Å². The molecule has 28 heavy (non-hydrogen) atoms. The molecule has 0 spiro atoms. The van der Waals surface area contributed by atoms with Gasteiger partial charge in [-0.05, 0) is 18.1 Å². The van der Waals surface area contributed by atoms with Crippen molar-refractivity contribution < 1.29 is 13.5 Å². The molecule has 150 valence electrons. The van der Waals surface area contributed by atoms with E-state index in [1.807, 2.05) is 19.1 Å². The molecule has 0 saturated carbocycles. The number of aliphatic hydroxyl groups is 1. The van der Waals surface area contributed by atoms with Gasteiger partial charge in [0.1, 0.15) is 11.6 Å². The van der Waals surface area contributed by atoms with Crippen LogP contribution in [0.15, 0.2) is 35.5 Å². The second-order valence-corrected chi connectivity index (χ2v) is 8.86. The molecule has 3 N–H and O–H groups in total. The summed E-state index contributed by atoms with van der Waals surface area (Å²) in [6.07, 6.45) is 2.67. The second kappa shape index (κ2) is 10.3. The number of nitrogens with zero attached hydrogens (tertiary/aromatic N) is 3. The number of benzene rings is 1. The molecular weight excluding hydrogens is 398 g/mol. The summed E-state index contributed by atoms with van der Waals surface area (Å²) in [5.74, 6) is 1.03. The summed E-state index contributed by atoms with van der Waals surface area (Å²) < 4.78 is 25.5. The third kappa shape index (κ3) is 6.99. The van der Waals surface area contributed by atoms with E-state index in [4.69, 9.17) is 0 Å². The first-order chi connectivity index (χ1) is 13.3. The van der Waals surface area contributed by atoms with Crippen LogP contribution >= 0.6 is 11.8 Å². The van der Waals surface area contributed by atoms with E-state index in [2.05, 4.69) is 26.1 Å². The fourth-order valence-corrected chi connectivity index (χ4v) is 3.82. The maximum atomic E-state index is 11.6. The van der Waals surface area contributed by atoms with Crippen molar-refractivity contribution in [3.8, 4) is 6.07 Å². The lowest BCUT2D eigenvalue weighted by atomic mass is 10.1. The first-order valence-corrected chi connectivity index (χ1v) is 11.6. The van der Waals surface area contributed by atoms with E-state index in [1.165, 1.54) is 17.8 Å².